The van der Waals surface area contributed by atoms with E-state index in [1.165, 1.54) is 0 Å². The van der Waals surface area contributed by atoms with E-state index in [0.717, 1.165) is 0 Å². The van der Waals surface area contributed by atoms with Crippen LogP contribution in [-0.4, -0.2) is 43.0 Å². The highest BCUT2D eigenvalue weighted by Crippen LogP contribution is 2.24. The standard InChI is InChI=1S/C20H24ClN3O3/c1-4-27-18-11-6-5-10-17(18)23-20(26)14(2)24(3)13-19(25)22-16-9-7-8-15(21)12-16/h5-12,14H,4,13H2,1-3H3,(H,22,25)(H,23,26). The summed E-state index contributed by atoms with van der Waals surface area (Å²) in [6.07, 6.45) is 0. The number of hydrogen-bond donors (Lipinski definition) is 2. The Labute approximate surface area is 164 Å². The Morgan fingerprint density at radius 2 is 1.89 bits per heavy atom. The van der Waals surface area contributed by atoms with Gasteiger partial charge in [-0.3, -0.25) is 14.5 Å². The lowest BCUT2D eigenvalue weighted by atomic mass is 10.2. The van der Waals surface area contributed by atoms with E-state index in [-0.39, 0.29) is 18.4 Å². The van der Waals surface area contributed by atoms with Gasteiger partial charge in [0.1, 0.15) is 5.75 Å². The van der Waals surface area contributed by atoms with Crippen molar-refractivity contribution >= 4 is 34.8 Å². The van der Waals surface area contributed by atoms with E-state index in [9.17, 15) is 9.59 Å². The van der Waals surface area contributed by atoms with E-state index >= 15 is 0 Å². The van der Waals surface area contributed by atoms with E-state index in [2.05, 4.69) is 10.6 Å². The second kappa shape index (κ2) is 9.94. The minimum absolute atomic E-state index is 0.0637. The lowest BCUT2D eigenvalue weighted by Gasteiger charge is -2.23. The highest BCUT2D eigenvalue weighted by atomic mass is 35.5. The maximum absolute atomic E-state index is 12.5. The van der Waals surface area contributed by atoms with E-state index in [0.29, 0.717) is 28.8 Å². The molecule has 6 nitrogen and oxygen atoms in total. The van der Waals surface area contributed by atoms with E-state index in [1.807, 2.05) is 19.1 Å². The van der Waals surface area contributed by atoms with E-state index in [4.69, 9.17) is 16.3 Å². The molecule has 0 aliphatic carbocycles. The molecule has 0 saturated carbocycles. The first-order chi connectivity index (χ1) is 12.9. The molecule has 1 unspecified atom stereocenters. The van der Waals surface area contributed by atoms with Crippen LogP contribution in [0.4, 0.5) is 11.4 Å². The Morgan fingerprint density at radius 3 is 2.59 bits per heavy atom. The van der Waals surface area contributed by atoms with Crippen LogP contribution in [-0.2, 0) is 9.59 Å². The van der Waals surface area contributed by atoms with Gasteiger partial charge in [-0.15, -0.1) is 0 Å². The molecule has 0 aliphatic heterocycles. The van der Waals surface area contributed by atoms with Gasteiger partial charge in [-0.1, -0.05) is 29.8 Å². The SMILES string of the molecule is CCOc1ccccc1NC(=O)C(C)N(C)CC(=O)Nc1cccc(Cl)c1. The largest absolute Gasteiger partial charge is 0.492 e. The second-order valence-electron chi connectivity index (χ2n) is 6.07. The van der Waals surface area contributed by atoms with Gasteiger partial charge >= 0.3 is 0 Å². The lowest BCUT2D eigenvalue weighted by Crippen LogP contribution is -2.43. The molecule has 0 fully saturated rings. The zero-order valence-electron chi connectivity index (χ0n) is 15.7. The average Bonchev–Trinajstić information content (AvgIpc) is 2.62. The molecule has 2 aromatic rings. The average molecular weight is 390 g/mol. The third kappa shape index (κ3) is 6.27. The number of ether oxygens (including phenoxy) is 1. The summed E-state index contributed by atoms with van der Waals surface area (Å²) < 4.78 is 5.52. The fourth-order valence-electron chi connectivity index (χ4n) is 2.42. The first-order valence-electron chi connectivity index (χ1n) is 8.69. The number of carbonyl (C=O) groups is 2. The number of para-hydroxylation sites is 2. The number of nitrogens with zero attached hydrogens (tertiary/aromatic N) is 1. The molecule has 0 heterocycles. The number of nitrogens with one attached hydrogen (secondary N) is 2. The van der Waals surface area contributed by atoms with Gasteiger partial charge in [0.05, 0.1) is 24.9 Å². The number of benzene rings is 2. The van der Waals surface area contributed by atoms with Crippen molar-refractivity contribution in [2.45, 2.75) is 19.9 Å². The first-order valence-corrected chi connectivity index (χ1v) is 9.07. The van der Waals surface area contributed by atoms with Crippen LogP contribution in [0.2, 0.25) is 5.02 Å². The number of hydrogen-bond acceptors (Lipinski definition) is 4. The van der Waals surface area contributed by atoms with Crippen LogP contribution >= 0.6 is 11.6 Å². The fourth-order valence-corrected chi connectivity index (χ4v) is 2.61. The molecule has 0 bridgehead atoms. The summed E-state index contributed by atoms with van der Waals surface area (Å²) >= 11 is 5.91. The van der Waals surface area contributed by atoms with Crippen LogP contribution in [0.5, 0.6) is 5.75 Å². The molecular formula is C20H24ClN3O3. The third-order valence-electron chi connectivity index (χ3n) is 3.99. The van der Waals surface area contributed by atoms with Crippen LogP contribution in [0.3, 0.4) is 0 Å². The van der Waals surface area contributed by atoms with Gasteiger partial charge in [-0.2, -0.15) is 0 Å². The lowest BCUT2D eigenvalue weighted by molar-refractivity contribution is -0.122. The summed E-state index contributed by atoms with van der Waals surface area (Å²) in [7, 11) is 1.72. The minimum atomic E-state index is -0.509. The third-order valence-corrected chi connectivity index (χ3v) is 4.22. The quantitative estimate of drug-likeness (QED) is 0.723. The molecule has 0 saturated heterocycles. The Bertz CT molecular complexity index is 798. The predicted octanol–water partition coefficient (Wildman–Crippen LogP) is 3.64. The minimum Gasteiger partial charge on any atom is -0.492 e. The Hall–Kier alpha value is -2.57. The van der Waals surface area contributed by atoms with Gasteiger partial charge in [-0.05, 0) is 51.2 Å². The van der Waals surface area contributed by atoms with Gasteiger partial charge < -0.3 is 15.4 Å². The van der Waals surface area contributed by atoms with Crippen molar-refractivity contribution in [1.82, 2.24) is 4.90 Å². The molecule has 2 amide bonds. The molecule has 0 radical (unpaired) electrons. The molecule has 0 aromatic heterocycles. The molecule has 1 atom stereocenters. The van der Waals surface area contributed by atoms with Crippen LogP contribution in [0.1, 0.15) is 13.8 Å². The maximum atomic E-state index is 12.5. The Morgan fingerprint density at radius 1 is 1.15 bits per heavy atom. The number of halogens is 1. The van der Waals surface area contributed by atoms with Gasteiger partial charge in [0.2, 0.25) is 11.8 Å². The Balaban J connectivity index is 1.93. The molecule has 0 aliphatic rings. The molecule has 27 heavy (non-hydrogen) atoms. The number of anilines is 2. The predicted molar refractivity (Wildman–Crippen MR) is 108 cm³/mol. The van der Waals surface area contributed by atoms with Gasteiger partial charge in [0.25, 0.3) is 0 Å². The first kappa shape index (κ1) is 20.7. The maximum Gasteiger partial charge on any atom is 0.241 e. The van der Waals surface area contributed by atoms with Crippen molar-refractivity contribution in [2.24, 2.45) is 0 Å². The summed E-state index contributed by atoms with van der Waals surface area (Å²) in [6.45, 7) is 4.19. The van der Waals surface area contributed by atoms with Crippen molar-refractivity contribution in [3.8, 4) is 5.75 Å². The van der Waals surface area contributed by atoms with Gasteiger partial charge in [0.15, 0.2) is 0 Å². The van der Waals surface area contributed by atoms with Gasteiger partial charge in [-0.25, -0.2) is 0 Å². The van der Waals surface area contributed by atoms with Crippen molar-refractivity contribution < 1.29 is 14.3 Å². The summed E-state index contributed by atoms with van der Waals surface area (Å²) in [5.41, 5.74) is 1.22. The molecule has 0 spiro atoms. The van der Waals surface area contributed by atoms with Gasteiger partial charge in [0, 0.05) is 10.7 Å². The molecule has 2 rings (SSSR count). The Kier molecular flexibility index (Phi) is 7.64. The zero-order valence-corrected chi connectivity index (χ0v) is 16.4. The van der Waals surface area contributed by atoms with E-state index in [1.54, 1.807) is 55.3 Å². The number of carbonyl (C=O) groups excluding carboxylic acids is 2. The molecule has 144 valence electrons. The van der Waals surface area contributed by atoms with Crippen LogP contribution < -0.4 is 15.4 Å². The molecule has 2 aromatic carbocycles. The fraction of sp³-hybridized carbons (Fsp3) is 0.300. The highest BCUT2D eigenvalue weighted by Gasteiger charge is 2.21. The molecule has 7 heteroatoms. The number of likely N-dealkylation sites (N-methyl/N-ethyl adjacent to an activating group) is 1. The van der Waals surface area contributed by atoms with Crippen molar-refractivity contribution in [1.29, 1.82) is 0 Å². The van der Waals surface area contributed by atoms with Crippen LogP contribution in [0.15, 0.2) is 48.5 Å². The highest BCUT2D eigenvalue weighted by molar-refractivity contribution is 6.30. The second-order valence-corrected chi connectivity index (χ2v) is 6.50. The van der Waals surface area contributed by atoms with E-state index < -0.39 is 6.04 Å². The number of amides is 2. The van der Waals surface area contributed by atoms with Crippen LogP contribution in [0.25, 0.3) is 0 Å². The van der Waals surface area contributed by atoms with Crippen LogP contribution in [0, 0.1) is 0 Å². The molecule has 2 N–H and O–H groups in total. The zero-order chi connectivity index (χ0) is 19.8. The van der Waals surface area contributed by atoms with Crippen molar-refractivity contribution in [3.63, 3.8) is 0 Å². The summed E-state index contributed by atoms with van der Waals surface area (Å²) in [4.78, 5) is 26.4. The summed E-state index contributed by atoms with van der Waals surface area (Å²) in [6, 6.07) is 13.6. The van der Waals surface area contributed by atoms with Crippen molar-refractivity contribution in [3.05, 3.63) is 53.6 Å². The van der Waals surface area contributed by atoms with Crippen molar-refractivity contribution in [2.75, 3.05) is 30.8 Å². The topological polar surface area (TPSA) is 70.7 Å². The molecular weight excluding hydrogens is 366 g/mol. The summed E-state index contributed by atoms with van der Waals surface area (Å²) in [5.74, 6) is 0.163. The monoisotopic (exact) mass is 389 g/mol. The number of rotatable bonds is 8. The smallest absolute Gasteiger partial charge is 0.241 e. The summed E-state index contributed by atoms with van der Waals surface area (Å²) in [5, 5.41) is 6.16. The normalized spacial score (nSPS) is 11.7.